The molecule has 80 valence electrons. The quantitative estimate of drug-likeness (QED) is 0.661. The number of Topliss-reactive ketones (excluding diaryl/α,β-unsaturated/α-hetero) is 1. The molecule has 0 aliphatic rings. The summed E-state index contributed by atoms with van der Waals surface area (Å²) < 4.78 is 16.9. The van der Waals surface area contributed by atoms with Crippen molar-refractivity contribution in [3.63, 3.8) is 0 Å². The van der Waals surface area contributed by atoms with Crippen molar-refractivity contribution >= 4 is 13.2 Å². The molecule has 0 amide bonds. The molecule has 0 fully saturated rings. The highest BCUT2D eigenvalue weighted by molar-refractivity contribution is 7.60. The fraction of sp³-hybridized carbons (Fsp3) is 0.778. The van der Waals surface area contributed by atoms with Crippen LogP contribution in [0.2, 0.25) is 0 Å². The van der Waals surface area contributed by atoms with E-state index in [2.05, 4.69) is 0 Å². The van der Waals surface area contributed by atoms with Crippen LogP contribution in [0.5, 0.6) is 0 Å². The van der Waals surface area contributed by atoms with Crippen LogP contribution in [0, 0.1) is 17.2 Å². The first kappa shape index (κ1) is 13.4. The molecule has 0 saturated carbocycles. The van der Waals surface area contributed by atoms with Gasteiger partial charge in [0.1, 0.15) is 0 Å². The van der Waals surface area contributed by atoms with Crippen LogP contribution in [-0.4, -0.2) is 24.7 Å². The third-order valence-electron chi connectivity index (χ3n) is 1.64. The molecule has 4 nitrogen and oxygen atoms in total. The van der Waals surface area contributed by atoms with Crippen molar-refractivity contribution in [2.45, 2.75) is 26.4 Å². The third kappa shape index (κ3) is 4.04. The zero-order valence-electron chi connectivity index (χ0n) is 8.98. The second-order valence-corrected chi connectivity index (χ2v) is 6.33. The Morgan fingerprint density at radius 1 is 1.57 bits per heavy atom. The summed E-state index contributed by atoms with van der Waals surface area (Å²) in [5, 5.41) is 8.67. The average Bonchev–Trinajstić information content (AvgIpc) is 2.01. The summed E-state index contributed by atoms with van der Waals surface area (Å²) in [6.45, 7) is 6.72. The number of nitrogens with zero attached hydrogens (tertiary/aromatic N) is 1. The van der Waals surface area contributed by atoms with Crippen molar-refractivity contribution in [3.05, 3.63) is 0 Å². The summed E-state index contributed by atoms with van der Waals surface area (Å²) in [6, 6.07) is 1.73. The van der Waals surface area contributed by atoms with Crippen LogP contribution >= 0.6 is 7.37 Å². The Bertz CT molecular complexity index is 293. The summed E-state index contributed by atoms with van der Waals surface area (Å²) in [5.74, 6) is -0.170. The molecule has 0 aromatic rings. The number of hydrogen-bond donors (Lipinski definition) is 0. The first-order chi connectivity index (χ1) is 6.31. The van der Waals surface area contributed by atoms with Gasteiger partial charge >= 0.3 is 0 Å². The maximum Gasteiger partial charge on any atom is 0.224 e. The van der Waals surface area contributed by atoms with Gasteiger partial charge < -0.3 is 4.52 Å². The molecule has 0 aromatic heterocycles. The van der Waals surface area contributed by atoms with Gasteiger partial charge in [-0.25, -0.2) is 0 Å². The van der Waals surface area contributed by atoms with Crippen LogP contribution < -0.4 is 0 Å². The number of ketones is 1. The fourth-order valence-electron chi connectivity index (χ4n) is 0.898. The molecular weight excluding hydrogens is 201 g/mol. The Morgan fingerprint density at radius 2 is 2.07 bits per heavy atom. The van der Waals surface area contributed by atoms with Gasteiger partial charge in [0.25, 0.3) is 0 Å². The Hall–Kier alpha value is -0.650. The minimum atomic E-state index is -3.12. The maximum atomic E-state index is 11.8. The number of nitriles is 1. The van der Waals surface area contributed by atoms with Gasteiger partial charge in [-0.2, -0.15) is 5.26 Å². The van der Waals surface area contributed by atoms with E-state index in [0.29, 0.717) is 6.61 Å². The molecule has 0 unspecified atom stereocenters. The lowest BCUT2D eigenvalue weighted by atomic mass is 10.2. The zero-order valence-corrected chi connectivity index (χ0v) is 9.88. The first-order valence-electron chi connectivity index (χ1n) is 4.43. The van der Waals surface area contributed by atoms with E-state index in [0.717, 1.165) is 0 Å². The van der Waals surface area contributed by atoms with E-state index >= 15 is 0 Å². The summed E-state index contributed by atoms with van der Waals surface area (Å²) >= 11 is 0. The highest BCUT2D eigenvalue weighted by Crippen LogP contribution is 2.48. The van der Waals surface area contributed by atoms with Crippen molar-refractivity contribution < 1.29 is 13.9 Å². The molecule has 0 heterocycles. The zero-order chi connectivity index (χ0) is 11.4. The van der Waals surface area contributed by atoms with E-state index in [4.69, 9.17) is 9.79 Å². The van der Waals surface area contributed by atoms with Crippen molar-refractivity contribution in [1.29, 1.82) is 5.26 Å². The number of carbonyl (C=O) groups excluding carboxylic acids is 1. The molecule has 0 rings (SSSR count). The Morgan fingerprint density at radius 3 is 2.36 bits per heavy atom. The van der Waals surface area contributed by atoms with E-state index < -0.39 is 18.8 Å². The molecule has 0 spiro atoms. The second-order valence-electron chi connectivity index (χ2n) is 3.74. The van der Waals surface area contributed by atoms with E-state index in [1.54, 1.807) is 6.07 Å². The second kappa shape index (κ2) is 5.29. The molecule has 0 saturated heterocycles. The monoisotopic (exact) mass is 217 g/mol. The van der Waals surface area contributed by atoms with E-state index in [9.17, 15) is 9.36 Å². The van der Waals surface area contributed by atoms with Gasteiger partial charge in [0.15, 0.2) is 11.4 Å². The molecule has 2 atom stereocenters. The molecule has 0 aliphatic carbocycles. The van der Waals surface area contributed by atoms with Gasteiger partial charge in [-0.1, -0.05) is 13.8 Å². The first-order valence-corrected chi connectivity index (χ1v) is 6.57. The molecule has 0 aromatic carbocycles. The maximum absolute atomic E-state index is 11.8. The van der Waals surface area contributed by atoms with Gasteiger partial charge in [0.2, 0.25) is 7.37 Å². The average molecular weight is 217 g/mol. The van der Waals surface area contributed by atoms with Gasteiger partial charge in [-0.15, -0.1) is 0 Å². The Kier molecular flexibility index (Phi) is 5.04. The molecule has 0 aliphatic heterocycles. The lowest BCUT2D eigenvalue weighted by Gasteiger charge is -2.17. The molecule has 0 bridgehead atoms. The highest BCUT2D eigenvalue weighted by atomic mass is 31.2. The molecule has 14 heavy (non-hydrogen) atoms. The van der Waals surface area contributed by atoms with Crippen LogP contribution in [0.4, 0.5) is 0 Å². The number of hydrogen-bond acceptors (Lipinski definition) is 4. The SMILES string of the molecule is CC(=O)[C@@H](C#N)[P@](C)(=O)OCC(C)C. The normalized spacial score (nSPS) is 17.1. The predicted octanol–water partition coefficient (Wildman–Crippen LogP) is 2.05. The topological polar surface area (TPSA) is 67.2 Å². The molecule has 0 radical (unpaired) electrons. The van der Waals surface area contributed by atoms with Gasteiger partial charge in [-0.3, -0.25) is 9.36 Å². The summed E-state index contributed by atoms with van der Waals surface area (Å²) in [4.78, 5) is 11.0. The van der Waals surface area contributed by atoms with Crippen LogP contribution in [-0.2, 0) is 13.9 Å². The Labute approximate surface area is 84.7 Å². The van der Waals surface area contributed by atoms with Crippen molar-refractivity contribution in [2.24, 2.45) is 5.92 Å². The molecular formula is C9H16NO3P. The largest absolute Gasteiger partial charge is 0.327 e. The minimum absolute atomic E-state index is 0.231. The third-order valence-corrected chi connectivity index (χ3v) is 3.72. The van der Waals surface area contributed by atoms with Gasteiger partial charge in [-0.05, 0) is 12.8 Å². The number of carbonyl (C=O) groups is 1. The summed E-state index contributed by atoms with van der Waals surface area (Å²) in [7, 11) is -3.12. The Balaban J connectivity index is 4.52. The van der Waals surface area contributed by atoms with Crippen LogP contribution in [0.25, 0.3) is 0 Å². The van der Waals surface area contributed by atoms with Crippen molar-refractivity contribution in [3.8, 4) is 6.07 Å². The summed E-state index contributed by atoms with van der Waals surface area (Å²) in [5.41, 5.74) is -1.12. The van der Waals surface area contributed by atoms with Crippen LogP contribution in [0.15, 0.2) is 0 Å². The van der Waals surface area contributed by atoms with Crippen LogP contribution in [0.1, 0.15) is 20.8 Å². The molecule has 5 heteroatoms. The van der Waals surface area contributed by atoms with Crippen LogP contribution in [0.3, 0.4) is 0 Å². The van der Waals surface area contributed by atoms with E-state index in [1.165, 1.54) is 13.6 Å². The van der Waals surface area contributed by atoms with E-state index in [1.807, 2.05) is 13.8 Å². The van der Waals surface area contributed by atoms with E-state index in [-0.39, 0.29) is 5.92 Å². The standard InChI is InChI=1S/C9H16NO3P/c1-7(2)6-13-14(4,12)9(5-10)8(3)11/h7,9H,6H2,1-4H3/t9-,14-/m1/s1. The highest BCUT2D eigenvalue weighted by Gasteiger charge is 2.33. The predicted molar refractivity (Wildman–Crippen MR) is 54.4 cm³/mol. The molecule has 0 N–H and O–H groups in total. The van der Waals surface area contributed by atoms with Gasteiger partial charge in [0, 0.05) is 6.66 Å². The summed E-state index contributed by atoms with van der Waals surface area (Å²) in [6.07, 6.45) is 0. The van der Waals surface area contributed by atoms with Gasteiger partial charge in [0.05, 0.1) is 12.7 Å². The minimum Gasteiger partial charge on any atom is -0.327 e. The number of rotatable bonds is 5. The smallest absolute Gasteiger partial charge is 0.224 e. The fourth-order valence-corrected chi connectivity index (χ4v) is 2.51. The lowest BCUT2D eigenvalue weighted by molar-refractivity contribution is -0.115. The lowest BCUT2D eigenvalue weighted by Crippen LogP contribution is -2.18. The van der Waals surface area contributed by atoms with Crippen molar-refractivity contribution in [2.75, 3.05) is 13.3 Å². The van der Waals surface area contributed by atoms with Crippen molar-refractivity contribution in [1.82, 2.24) is 0 Å².